The predicted molar refractivity (Wildman–Crippen MR) is 72.1 cm³/mol. The Balaban J connectivity index is 2.34. The van der Waals surface area contributed by atoms with Gasteiger partial charge in [0.05, 0.1) is 4.90 Å². The Bertz CT molecular complexity index is 558. The normalized spacial score (nSPS) is 10.6. The van der Waals surface area contributed by atoms with Crippen LogP contribution in [-0.2, 0) is 0 Å². The lowest BCUT2D eigenvalue weighted by atomic mass is 10.2. The van der Waals surface area contributed by atoms with Crippen LogP contribution in [0.5, 0.6) is 0 Å². The molecule has 0 radical (unpaired) electrons. The van der Waals surface area contributed by atoms with Crippen molar-refractivity contribution in [2.45, 2.75) is 23.6 Å². The molecular formula is C12H10Cl2N2S. The van der Waals surface area contributed by atoms with Gasteiger partial charge >= 0.3 is 0 Å². The number of benzene rings is 1. The molecule has 2 aromatic rings. The van der Waals surface area contributed by atoms with Gasteiger partial charge in [0.15, 0.2) is 10.3 Å². The Morgan fingerprint density at radius 2 is 1.76 bits per heavy atom. The summed E-state index contributed by atoms with van der Waals surface area (Å²) in [7, 11) is 0. The van der Waals surface area contributed by atoms with E-state index in [-0.39, 0.29) is 0 Å². The van der Waals surface area contributed by atoms with Gasteiger partial charge in [0.2, 0.25) is 0 Å². The molecule has 0 aliphatic heterocycles. The van der Waals surface area contributed by atoms with Gasteiger partial charge in [0.25, 0.3) is 0 Å². The number of rotatable bonds is 2. The Kier molecular flexibility index (Phi) is 3.92. The molecule has 0 fully saturated rings. The number of aromatic nitrogens is 2. The summed E-state index contributed by atoms with van der Waals surface area (Å²) in [4.78, 5) is 1.96. The standard InChI is InChI=1S/C12H10Cl2N2S/c1-7-3-4-9(8(2)5-7)17-10-6-11(13)15-16-12(10)14/h3-6H,1-2H3. The minimum atomic E-state index is 0.349. The molecule has 0 spiro atoms. The lowest BCUT2D eigenvalue weighted by Crippen LogP contribution is -1.87. The zero-order chi connectivity index (χ0) is 12.4. The summed E-state index contributed by atoms with van der Waals surface area (Å²) in [6.45, 7) is 4.14. The van der Waals surface area contributed by atoms with Crippen molar-refractivity contribution in [3.05, 3.63) is 45.7 Å². The van der Waals surface area contributed by atoms with E-state index in [1.165, 1.54) is 11.1 Å². The fourth-order valence-electron chi connectivity index (χ4n) is 1.44. The quantitative estimate of drug-likeness (QED) is 0.809. The fraction of sp³-hybridized carbons (Fsp3) is 0.167. The van der Waals surface area contributed by atoms with E-state index >= 15 is 0 Å². The van der Waals surface area contributed by atoms with E-state index in [2.05, 4.69) is 42.2 Å². The van der Waals surface area contributed by atoms with Crippen molar-refractivity contribution >= 4 is 35.0 Å². The number of aryl methyl sites for hydroxylation is 2. The molecule has 1 aromatic heterocycles. The molecule has 0 aliphatic carbocycles. The summed E-state index contributed by atoms with van der Waals surface area (Å²) in [5.74, 6) is 0. The SMILES string of the molecule is Cc1ccc(Sc2cc(Cl)nnc2Cl)c(C)c1. The van der Waals surface area contributed by atoms with Crippen LogP contribution in [0.3, 0.4) is 0 Å². The lowest BCUT2D eigenvalue weighted by molar-refractivity contribution is 0.997. The van der Waals surface area contributed by atoms with Gasteiger partial charge in [-0.15, -0.1) is 10.2 Å². The third-order valence-electron chi connectivity index (χ3n) is 2.24. The molecule has 0 aliphatic rings. The summed E-state index contributed by atoms with van der Waals surface area (Å²) in [6, 6.07) is 7.99. The molecule has 0 atom stereocenters. The van der Waals surface area contributed by atoms with Crippen LogP contribution in [0.2, 0.25) is 10.3 Å². The van der Waals surface area contributed by atoms with Gasteiger partial charge in [-0.05, 0) is 31.5 Å². The highest BCUT2D eigenvalue weighted by atomic mass is 35.5. The molecule has 2 nitrogen and oxygen atoms in total. The minimum absolute atomic E-state index is 0.349. The van der Waals surface area contributed by atoms with Crippen LogP contribution in [0.15, 0.2) is 34.1 Å². The Morgan fingerprint density at radius 3 is 2.47 bits per heavy atom. The van der Waals surface area contributed by atoms with Crippen molar-refractivity contribution < 1.29 is 0 Å². The monoisotopic (exact) mass is 284 g/mol. The lowest BCUT2D eigenvalue weighted by Gasteiger charge is -2.07. The van der Waals surface area contributed by atoms with E-state index in [9.17, 15) is 0 Å². The summed E-state index contributed by atoms with van der Waals surface area (Å²) < 4.78 is 0. The second-order valence-corrected chi connectivity index (χ2v) is 5.52. The van der Waals surface area contributed by atoms with Gasteiger partial charge in [-0.1, -0.05) is 52.7 Å². The van der Waals surface area contributed by atoms with Gasteiger partial charge in [0, 0.05) is 4.90 Å². The van der Waals surface area contributed by atoms with E-state index in [1.807, 2.05) is 0 Å². The molecule has 5 heteroatoms. The number of hydrogen-bond donors (Lipinski definition) is 0. The Hall–Kier alpha value is -0.770. The third-order valence-corrected chi connectivity index (χ3v) is 4.02. The summed E-state index contributed by atoms with van der Waals surface area (Å²) in [6.07, 6.45) is 0. The first-order chi connectivity index (χ1) is 8.06. The molecule has 88 valence electrons. The number of nitrogens with zero attached hydrogens (tertiary/aromatic N) is 2. The minimum Gasteiger partial charge on any atom is -0.137 e. The van der Waals surface area contributed by atoms with Crippen molar-refractivity contribution in [3.8, 4) is 0 Å². The first-order valence-corrected chi connectivity index (χ1v) is 6.57. The predicted octanol–water partition coefficient (Wildman–Crippen LogP) is 4.55. The molecule has 0 bridgehead atoms. The molecule has 0 saturated heterocycles. The van der Waals surface area contributed by atoms with E-state index in [1.54, 1.807) is 17.8 Å². The van der Waals surface area contributed by atoms with Gasteiger partial charge < -0.3 is 0 Å². The van der Waals surface area contributed by atoms with Crippen molar-refractivity contribution in [1.82, 2.24) is 10.2 Å². The van der Waals surface area contributed by atoms with Gasteiger partial charge in [-0.25, -0.2) is 0 Å². The number of hydrogen-bond acceptors (Lipinski definition) is 3. The topological polar surface area (TPSA) is 25.8 Å². The highest BCUT2D eigenvalue weighted by Crippen LogP contribution is 2.34. The summed E-state index contributed by atoms with van der Waals surface area (Å²) in [5.41, 5.74) is 2.45. The van der Waals surface area contributed by atoms with Crippen molar-refractivity contribution in [2.24, 2.45) is 0 Å². The van der Waals surface area contributed by atoms with Crippen molar-refractivity contribution in [2.75, 3.05) is 0 Å². The molecule has 1 aromatic carbocycles. The first kappa shape index (κ1) is 12.7. The fourth-order valence-corrected chi connectivity index (χ4v) is 2.75. The second-order valence-electron chi connectivity index (χ2n) is 3.69. The summed E-state index contributed by atoms with van der Waals surface area (Å²) in [5, 5.41) is 8.20. The van der Waals surface area contributed by atoms with Crippen LogP contribution < -0.4 is 0 Å². The van der Waals surface area contributed by atoms with E-state index in [0.29, 0.717) is 10.3 Å². The third kappa shape index (κ3) is 3.12. The molecule has 1 heterocycles. The van der Waals surface area contributed by atoms with E-state index < -0.39 is 0 Å². The second kappa shape index (κ2) is 5.25. The van der Waals surface area contributed by atoms with E-state index in [4.69, 9.17) is 23.2 Å². The average molecular weight is 285 g/mol. The van der Waals surface area contributed by atoms with Crippen molar-refractivity contribution in [3.63, 3.8) is 0 Å². The Labute approximate surface area is 114 Å². The average Bonchev–Trinajstić information content (AvgIpc) is 2.27. The molecule has 0 N–H and O–H groups in total. The van der Waals surface area contributed by atoms with Crippen LogP contribution in [-0.4, -0.2) is 10.2 Å². The maximum Gasteiger partial charge on any atom is 0.165 e. The molecule has 0 amide bonds. The van der Waals surface area contributed by atoms with Crippen LogP contribution >= 0.6 is 35.0 Å². The zero-order valence-corrected chi connectivity index (χ0v) is 11.7. The van der Waals surface area contributed by atoms with Crippen LogP contribution in [0.1, 0.15) is 11.1 Å². The molecule has 0 saturated carbocycles. The molecule has 2 rings (SSSR count). The largest absolute Gasteiger partial charge is 0.165 e. The van der Waals surface area contributed by atoms with Crippen LogP contribution in [0.4, 0.5) is 0 Å². The summed E-state index contributed by atoms with van der Waals surface area (Å²) >= 11 is 13.3. The first-order valence-electron chi connectivity index (χ1n) is 5.00. The maximum absolute atomic E-state index is 5.98. The van der Waals surface area contributed by atoms with Crippen LogP contribution in [0.25, 0.3) is 0 Å². The van der Waals surface area contributed by atoms with E-state index in [0.717, 1.165) is 9.79 Å². The molecule has 0 unspecified atom stereocenters. The Morgan fingerprint density at radius 1 is 1.00 bits per heavy atom. The van der Waals surface area contributed by atoms with Crippen molar-refractivity contribution in [1.29, 1.82) is 0 Å². The molecular weight excluding hydrogens is 275 g/mol. The zero-order valence-electron chi connectivity index (χ0n) is 9.37. The highest BCUT2D eigenvalue weighted by molar-refractivity contribution is 7.99. The molecule has 17 heavy (non-hydrogen) atoms. The van der Waals surface area contributed by atoms with Gasteiger partial charge in [0.1, 0.15) is 0 Å². The van der Waals surface area contributed by atoms with Crippen LogP contribution in [0, 0.1) is 13.8 Å². The van der Waals surface area contributed by atoms with Gasteiger partial charge in [-0.2, -0.15) is 0 Å². The highest BCUT2D eigenvalue weighted by Gasteiger charge is 2.08. The van der Waals surface area contributed by atoms with Gasteiger partial charge in [-0.3, -0.25) is 0 Å². The smallest absolute Gasteiger partial charge is 0.137 e. The number of halogens is 2. The maximum atomic E-state index is 5.98.